The number of hydrogen-bond donors (Lipinski definition) is 0. The molecule has 0 amide bonds. The van der Waals surface area contributed by atoms with Gasteiger partial charge >= 0.3 is 0 Å². The number of allylic oxidation sites excluding steroid dienone is 6. The lowest BCUT2D eigenvalue weighted by Gasteiger charge is -2.33. The molecular formula is C16H20. The Balaban J connectivity index is 1.71. The van der Waals surface area contributed by atoms with E-state index in [0.29, 0.717) is 5.41 Å². The van der Waals surface area contributed by atoms with E-state index in [1.807, 2.05) is 0 Å². The fourth-order valence-corrected chi connectivity index (χ4v) is 4.76. The first-order chi connectivity index (χ1) is 7.87. The van der Waals surface area contributed by atoms with Gasteiger partial charge in [-0.1, -0.05) is 36.0 Å². The van der Waals surface area contributed by atoms with Gasteiger partial charge in [-0.2, -0.15) is 0 Å². The Morgan fingerprint density at radius 2 is 2.19 bits per heavy atom. The van der Waals surface area contributed by atoms with Gasteiger partial charge in [0.15, 0.2) is 0 Å². The zero-order valence-corrected chi connectivity index (χ0v) is 9.86. The van der Waals surface area contributed by atoms with Gasteiger partial charge in [0.05, 0.1) is 0 Å². The summed E-state index contributed by atoms with van der Waals surface area (Å²) in [5.41, 5.74) is 2.39. The molecule has 0 radical (unpaired) electrons. The third kappa shape index (κ3) is 1.11. The third-order valence-corrected chi connectivity index (χ3v) is 5.54. The molecule has 0 aliphatic heterocycles. The Hall–Kier alpha value is -0.780. The maximum Gasteiger partial charge on any atom is -0.00467 e. The van der Waals surface area contributed by atoms with Crippen molar-refractivity contribution in [3.63, 3.8) is 0 Å². The van der Waals surface area contributed by atoms with E-state index in [4.69, 9.17) is 0 Å². The van der Waals surface area contributed by atoms with Crippen molar-refractivity contribution >= 4 is 0 Å². The maximum absolute atomic E-state index is 2.59. The second-order valence-corrected chi connectivity index (χ2v) is 6.25. The summed E-state index contributed by atoms with van der Waals surface area (Å²) in [6, 6.07) is 0. The quantitative estimate of drug-likeness (QED) is 0.570. The molecule has 2 bridgehead atoms. The normalized spacial score (nSPS) is 48.5. The van der Waals surface area contributed by atoms with Crippen LogP contribution in [0.25, 0.3) is 0 Å². The summed E-state index contributed by atoms with van der Waals surface area (Å²) >= 11 is 0. The van der Waals surface area contributed by atoms with Gasteiger partial charge in [-0.3, -0.25) is 0 Å². The lowest BCUT2D eigenvalue weighted by Crippen LogP contribution is -2.24. The SMILES string of the molecule is C1=CCC2CCC(C34C=CC(CC3)C4)C2=C1. The smallest absolute Gasteiger partial charge is 0.00467 e. The van der Waals surface area contributed by atoms with Crippen molar-refractivity contribution < 1.29 is 0 Å². The predicted octanol–water partition coefficient (Wildman–Crippen LogP) is 4.26. The van der Waals surface area contributed by atoms with E-state index in [1.165, 1.54) is 38.5 Å². The lowest BCUT2D eigenvalue weighted by molar-refractivity contribution is 0.281. The van der Waals surface area contributed by atoms with E-state index in [-0.39, 0.29) is 0 Å². The van der Waals surface area contributed by atoms with Crippen LogP contribution in [-0.4, -0.2) is 0 Å². The molecule has 84 valence electrons. The summed E-state index contributed by atoms with van der Waals surface area (Å²) in [5, 5.41) is 0. The molecule has 4 atom stereocenters. The first-order valence-electron chi connectivity index (χ1n) is 6.93. The Morgan fingerprint density at radius 3 is 2.94 bits per heavy atom. The van der Waals surface area contributed by atoms with Gasteiger partial charge in [-0.05, 0) is 61.7 Å². The molecule has 0 saturated heterocycles. The molecule has 2 fully saturated rings. The molecule has 0 heteroatoms. The standard InChI is InChI=1S/C16H20/c1-2-4-14-13(3-1)5-6-15(14)16-9-7-12(11-16)8-10-16/h1-2,4,7,9,12-13,15H,3,5-6,8,10-11H2. The zero-order chi connectivity index (χ0) is 10.6. The minimum Gasteiger partial charge on any atom is -0.0848 e. The summed E-state index contributed by atoms with van der Waals surface area (Å²) in [4.78, 5) is 0. The van der Waals surface area contributed by atoms with E-state index in [9.17, 15) is 0 Å². The molecule has 0 aromatic carbocycles. The Kier molecular flexibility index (Phi) is 1.81. The molecular weight excluding hydrogens is 192 g/mol. The van der Waals surface area contributed by atoms with Crippen molar-refractivity contribution in [2.75, 3.05) is 0 Å². The minimum atomic E-state index is 0.594. The average molecular weight is 212 g/mol. The third-order valence-electron chi connectivity index (χ3n) is 5.54. The van der Waals surface area contributed by atoms with Gasteiger partial charge in [0.2, 0.25) is 0 Å². The monoisotopic (exact) mass is 212 g/mol. The fraction of sp³-hybridized carbons (Fsp3) is 0.625. The fourth-order valence-electron chi connectivity index (χ4n) is 4.76. The van der Waals surface area contributed by atoms with Crippen LogP contribution in [-0.2, 0) is 0 Å². The van der Waals surface area contributed by atoms with Gasteiger partial charge in [-0.15, -0.1) is 0 Å². The van der Waals surface area contributed by atoms with Crippen LogP contribution < -0.4 is 0 Å². The molecule has 4 aliphatic carbocycles. The number of fused-ring (bicyclic) bond motifs is 3. The van der Waals surface area contributed by atoms with Crippen LogP contribution >= 0.6 is 0 Å². The highest BCUT2D eigenvalue weighted by molar-refractivity contribution is 5.32. The molecule has 16 heavy (non-hydrogen) atoms. The predicted molar refractivity (Wildman–Crippen MR) is 67.0 cm³/mol. The molecule has 2 saturated carbocycles. The summed E-state index contributed by atoms with van der Waals surface area (Å²) in [5.74, 6) is 2.72. The molecule has 0 nitrogen and oxygen atoms in total. The highest BCUT2D eigenvalue weighted by Crippen LogP contribution is 2.60. The summed E-state index contributed by atoms with van der Waals surface area (Å²) in [6.45, 7) is 0. The summed E-state index contributed by atoms with van der Waals surface area (Å²) < 4.78 is 0. The van der Waals surface area contributed by atoms with Crippen molar-refractivity contribution in [1.29, 1.82) is 0 Å². The molecule has 4 rings (SSSR count). The van der Waals surface area contributed by atoms with Crippen LogP contribution in [0.15, 0.2) is 36.0 Å². The van der Waals surface area contributed by atoms with Crippen LogP contribution in [0.4, 0.5) is 0 Å². The van der Waals surface area contributed by atoms with Crippen LogP contribution in [0, 0.1) is 23.2 Å². The largest absolute Gasteiger partial charge is 0.0848 e. The lowest BCUT2D eigenvalue weighted by atomic mass is 9.71. The van der Waals surface area contributed by atoms with Crippen molar-refractivity contribution in [2.45, 2.75) is 38.5 Å². The zero-order valence-electron chi connectivity index (χ0n) is 9.86. The molecule has 0 aromatic rings. The molecule has 0 N–H and O–H groups in total. The van der Waals surface area contributed by atoms with Gasteiger partial charge in [-0.25, -0.2) is 0 Å². The second kappa shape index (κ2) is 3.12. The van der Waals surface area contributed by atoms with Crippen molar-refractivity contribution in [1.82, 2.24) is 0 Å². The van der Waals surface area contributed by atoms with Crippen LogP contribution in [0.2, 0.25) is 0 Å². The average Bonchev–Trinajstić information content (AvgIpc) is 3.02. The van der Waals surface area contributed by atoms with Gasteiger partial charge < -0.3 is 0 Å². The first-order valence-corrected chi connectivity index (χ1v) is 6.93. The maximum atomic E-state index is 2.59. The van der Waals surface area contributed by atoms with E-state index >= 15 is 0 Å². The van der Waals surface area contributed by atoms with Crippen LogP contribution in [0.5, 0.6) is 0 Å². The van der Waals surface area contributed by atoms with E-state index in [2.05, 4.69) is 30.4 Å². The van der Waals surface area contributed by atoms with Crippen LogP contribution in [0.3, 0.4) is 0 Å². The van der Waals surface area contributed by atoms with E-state index in [0.717, 1.165) is 17.8 Å². The molecule has 0 spiro atoms. The van der Waals surface area contributed by atoms with Gasteiger partial charge in [0.1, 0.15) is 0 Å². The summed E-state index contributed by atoms with van der Waals surface area (Å²) in [6.07, 6.45) is 20.8. The van der Waals surface area contributed by atoms with Gasteiger partial charge in [0.25, 0.3) is 0 Å². The molecule has 4 aliphatic rings. The molecule has 0 heterocycles. The van der Waals surface area contributed by atoms with Crippen LogP contribution in [0.1, 0.15) is 38.5 Å². The van der Waals surface area contributed by atoms with Crippen molar-refractivity contribution in [3.8, 4) is 0 Å². The minimum absolute atomic E-state index is 0.594. The summed E-state index contributed by atoms with van der Waals surface area (Å²) in [7, 11) is 0. The van der Waals surface area contributed by atoms with Gasteiger partial charge in [0, 0.05) is 0 Å². The molecule has 0 aromatic heterocycles. The topological polar surface area (TPSA) is 0 Å². The van der Waals surface area contributed by atoms with E-state index in [1.54, 1.807) is 5.57 Å². The Bertz CT molecular complexity index is 398. The van der Waals surface area contributed by atoms with Crippen molar-refractivity contribution in [2.24, 2.45) is 23.2 Å². The number of rotatable bonds is 1. The highest BCUT2D eigenvalue weighted by atomic mass is 14.5. The first kappa shape index (κ1) is 9.27. The number of hydrogen-bond acceptors (Lipinski definition) is 0. The van der Waals surface area contributed by atoms with E-state index < -0.39 is 0 Å². The Morgan fingerprint density at radius 1 is 1.19 bits per heavy atom. The van der Waals surface area contributed by atoms with Crippen molar-refractivity contribution in [3.05, 3.63) is 36.0 Å². The highest BCUT2D eigenvalue weighted by Gasteiger charge is 2.49. The molecule has 4 unspecified atom stereocenters. The Labute approximate surface area is 98.1 Å². The second-order valence-electron chi connectivity index (χ2n) is 6.25.